The maximum Gasteiger partial charge on any atom is 0.420 e. The third-order valence-corrected chi connectivity index (χ3v) is 6.77. The van der Waals surface area contributed by atoms with Crippen LogP contribution < -0.4 is 10.1 Å². The number of aliphatic hydroxyl groups is 1. The van der Waals surface area contributed by atoms with E-state index in [0.717, 1.165) is 18.6 Å². The van der Waals surface area contributed by atoms with Gasteiger partial charge in [-0.25, -0.2) is 13.1 Å². The van der Waals surface area contributed by atoms with E-state index in [2.05, 4.69) is 20.4 Å². The Hall–Kier alpha value is -3.52. The van der Waals surface area contributed by atoms with Crippen LogP contribution in [0.5, 0.6) is 11.6 Å². The minimum atomic E-state index is -4.86. The zero-order valence-corrected chi connectivity index (χ0v) is 23.1. The Morgan fingerprint density at radius 2 is 1.85 bits per heavy atom. The summed E-state index contributed by atoms with van der Waals surface area (Å²) in [5.74, 6) is -1.33. The fourth-order valence-corrected chi connectivity index (χ4v) is 4.30. The molecule has 0 aliphatic heterocycles. The van der Waals surface area contributed by atoms with Crippen molar-refractivity contribution in [2.45, 2.75) is 70.3 Å². The molecule has 0 saturated heterocycles. The van der Waals surface area contributed by atoms with Gasteiger partial charge in [0.05, 0.1) is 35.0 Å². The maximum atomic E-state index is 14.0. The number of rotatable bonds is 8. The molecule has 0 aliphatic rings. The minimum absolute atomic E-state index is 0.0314. The molecule has 3 heterocycles. The molecule has 212 valence electrons. The molecule has 1 unspecified atom stereocenters. The Morgan fingerprint density at radius 1 is 1.18 bits per heavy atom. The second-order valence-electron chi connectivity index (χ2n) is 9.89. The number of halogens is 3. The number of aromatic nitrogens is 4. The molecular formula is C25H30F3N5O5S. The first kappa shape index (κ1) is 30.0. The topological polar surface area (TPSA) is 136 Å². The molecule has 0 aromatic carbocycles. The molecule has 0 aliphatic carbocycles. The Bertz CT molecular complexity index is 1460. The first-order valence-corrected chi connectivity index (χ1v) is 13.8. The number of alkyl halides is 3. The Balaban J connectivity index is 2.02. The molecule has 14 heteroatoms. The highest BCUT2D eigenvalue weighted by Crippen LogP contribution is 2.43. The van der Waals surface area contributed by atoms with E-state index in [-0.39, 0.29) is 35.0 Å². The van der Waals surface area contributed by atoms with E-state index in [0.29, 0.717) is 5.69 Å². The van der Waals surface area contributed by atoms with Crippen LogP contribution in [0.4, 0.5) is 13.2 Å². The average molecular weight is 570 g/mol. The standard InChI is InChI=1S/C25H30F3N5O5S/c1-7-17-21(22(35)31-10-15-8-9-16(11-30-15)39(6,36)37)32-33(24(3,4)5)23(17)38-19-13-29-12-18(14(2)34)20(19)25(26,27)28/h8-9,11-14,34H,7,10H2,1-6H3,(H,31,35). The summed E-state index contributed by atoms with van der Waals surface area (Å²) in [6.07, 6.45) is -2.06. The van der Waals surface area contributed by atoms with Crippen molar-refractivity contribution in [2.75, 3.05) is 6.26 Å². The average Bonchev–Trinajstić information content (AvgIpc) is 3.20. The smallest absolute Gasteiger partial charge is 0.420 e. The van der Waals surface area contributed by atoms with Gasteiger partial charge in [-0.1, -0.05) is 6.92 Å². The number of nitrogens with zero attached hydrogens (tertiary/aromatic N) is 4. The maximum absolute atomic E-state index is 14.0. The Morgan fingerprint density at radius 3 is 2.33 bits per heavy atom. The number of hydrogen-bond acceptors (Lipinski definition) is 8. The zero-order valence-electron chi connectivity index (χ0n) is 22.3. The highest BCUT2D eigenvalue weighted by Gasteiger charge is 2.40. The lowest BCUT2D eigenvalue weighted by molar-refractivity contribution is -0.140. The molecule has 0 spiro atoms. The second kappa shape index (κ2) is 10.9. The summed E-state index contributed by atoms with van der Waals surface area (Å²) >= 11 is 0. The van der Waals surface area contributed by atoms with Gasteiger partial charge in [0.25, 0.3) is 5.91 Å². The molecule has 3 aromatic rings. The van der Waals surface area contributed by atoms with Gasteiger partial charge >= 0.3 is 6.18 Å². The van der Waals surface area contributed by atoms with Crippen molar-refractivity contribution in [1.29, 1.82) is 0 Å². The Labute approximate surface area is 224 Å². The highest BCUT2D eigenvalue weighted by molar-refractivity contribution is 7.90. The van der Waals surface area contributed by atoms with E-state index in [1.54, 1.807) is 27.7 Å². The summed E-state index contributed by atoms with van der Waals surface area (Å²) in [5, 5.41) is 17.0. The number of pyridine rings is 2. The summed E-state index contributed by atoms with van der Waals surface area (Å²) in [6.45, 7) is 8.08. The number of amides is 1. The normalized spacial score (nSPS) is 13.3. The predicted molar refractivity (Wildman–Crippen MR) is 135 cm³/mol. The van der Waals surface area contributed by atoms with E-state index in [9.17, 15) is 31.5 Å². The fourth-order valence-electron chi connectivity index (χ4n) is 3.74. The van der Waals surface area contributed by atoms with Gasteiger partial charge in [-0.2, -0.15) is 18.3 Å². The Kier molecular flexibility index (Phi) is 8.41. The van der Waals surface area contributed by atoms with Gasteiger partial charge in [-0.15, -0.1) is 0 Å². The molecule has 0 bridgehead atoms. The van der Waals surface area contributed by atoms with Gasteiger partial charge in [0, 0.05) is 29.8 Å². The lowest BCUT2D eigenvalue weighted by Crippen LogP contribution is -2.27. The van der Waals surface area contributed by atoms with Crippen LogP contribution in [0.25, 0.3) is 0 Å². The van der Waals surface area contributed by atoms with E-state index < -0.39 is 50.4 Å². The van der Waals surface area contributed by atoms with Crippen molar-refractivity contribution in [3.8, 4) is 11.6 Å². The number of ether oxygens (including phenoxy) is 1. The van der Waals surface area contributed by atoms with Crippen molar-refractivity contribution in [3.05, 3.63) is 58.8 Å². The molecule has 0 radical (unpaired) electrons. The second-order valence-corrected chi connectivity index (χ2v) is 11.9. The summed E-state index contributed by atoms with van der Waals surface area (Å²) in [7, 11) is -3.43. The van der Waals surface area contributed by atoms with Crippen molar-refractivity contribution in [2.24, 2.45) is 0 Å². The van der Waals surface area contributed by atoms with Crippen molar-refractivity contribution in [1.82, 2.24) is 25.1 Å². The number of carbonyl (C=O) groups excluding carboxylic acids is 1. The minimum Gasteiger partial charge on any atom is -0.437 e. The van der Waals surface area contributed by atoms with Gasteiger partial charge in [0.15, 0.2) is 21.3 Å². The summed E-state index contributed by atoms with van der Waals surface area (Å²) in [5.41, 5.74) is -1.83. The van der Waals surface area contributed by atoms with E-state index in [1.807, 2.05) is 0 Å². The number of sulfone groups is 1. The van der Waals surface area contributed by atoms with Crippen molar-refractivity contribution in [3.63, 3.8) is 0 Å². The highest BCUT2D eigenvalue weighted by atomic mass is 32.2. The lowest BCUT2D eigenvalue weighted by atomic mass is 10.0. The van der Waals surface area contributed by atoms with Crippen molar-refractivity contribution < 1.29 is 36.2 Å². The van der Waals surface area contributed by atoms with Crippen LogP contribution in [-0.2, 0) is 34.5 Å². The number of nitrogens with one attached hydrogen (secondary N) is 1. The molecular weight excluding hydrogens is 539 g/mol. The van der Waals surface area contributed by atoms with Gasteiger partial charge in [0.2, 0.25) is 5.88 Å². The van der Waals surface area contributed by atoms with Gasteiger partial charge in [0.1, 0.15) is 5.56 Å². The van der Waals surface area contributed by atoms with Gasteiger partial charge in [-0.05, 0) is 46.2 Å². The molecule has 39 heavy (non-hydrogen) atoms. The molecule has 3 rings (SSSR count). The molecule has 2 N–H and O–H groups in total. The van der Waals surface area contributed by atoms with Crippen LogP contribution in [-0.4, -0.2) is 45.4 Å². The SMILES string of the molecule is CCc1c(C(=O)NCc2ccc(S(C)(=O)=O)cn2)nn(C(C)(C)C)c1Oc1cncc(C(C)O)c1C(F)(F)F. The first-order valence-electron chi connectivity index (χ1n) is 11.9. The zero-order chi connectivity index (χ0) is 29.3. The van der Waals surface area contributed by atoms with Crippen LogP contribution >= 0.6 is 0 Å². The van der Waals surface area contributed by atoms with Crippen molar-refractivity contribution >= 4 is 15.7 Å². The van der Waals surface area contributed by atoms with Gasteiger partial charge in [-0.3, -0.25) is 14.8 Å². The first-order chi connectivity index (χ1) is 17.9. The third-order valence-electron chi connectivity index (χ3n) is 5.68. The number of carbonyl (C=O) groups is 1. The molecule has 0 saturated carbocycles. The van der Waals surface area contributed by atoms with Gasteiger partial charge < -0.3 is 15.2 Å². The largest absolute Gasteiger partial charge is 0.437 e. The summed E-state index contributed by atoms with van der Waals surface area (Å²) < 4.78 is 72.5. The molecule has 0 fully saturated rings. The molecule has 1 amide bonds. The molecule has 10 nitrogen and oxygen atoms in total. The summed E-state index contributed by atoms with van der Waals surface area (Å²) in [4.78, 5) is 21.0. The van der Waals surface area contributed by atoms with E-state index in [4.69, 9.17) is 4.74 Å². The van der Waals surface area contributed by atoms with Crippen LogP contribution in [0.2, 0.25) is 0 Å². The fraction of sp³-hybridized carbons (Fsp3) is 0.440. The van der Waals surface area contributed by atoms with E-state index >= 15 is 0 Å². The van der Waals surface area contributed by atoms with Crippen LogP contribution in [0.15, 0.2) is 35.6 Å². The summed E-state index contributed by atoms with van der Waals surface area (Å²) in [6, 6.07) is 2.83. The molecule has 3 aromatic heterocycles. The number of hydrogen-bond donors (Lipinski definition) is 2. The predicted octanol–water partition coefficient (Wildman–Crippen LogP) is 4.19. The number of aliphatic hydroxyl groups excluding tert-OH is 1. The monoisotopic (exact) mass is 569 g/mol. The van der Waals surface area contributed by atoms with Crippen LogP contribution in [0.3, 0.4) is 0 Å². The quantitative estimate of drug-likeness (QED) is 0.412. The molecule has 1 atom stereocenters. The van der Waals surface area contributed by atoms with E-state index in [1.165, 1.54) is 29.9 Å². The van der Waals surface area contributed by atoms with Crippen LogP contribution in [0.1, 0.15) is 73.6 Å². The lowest BCUT2D eigenvalue weighted by Gasteiger charge is -2.24. The van der Waals surface area contributed by atoms with Crippen LogP contribution in [0, 0.1) is 0 Å². The third kappa shape index (κ3) is 6.74.